The highest BCUT2D eigenvalue weighted by Gasteiger charge is 2.15. The summed E-state index contributed by atoms with van der Waals surface area (Å²) in [6.07, 6.45) is 2.10. The molecule has 0 aliphatic rings. The van der Waals surface area contributed by atoms with Gasteiger partial charge in [-0.1, -0.05) is 13.3 Å². The van der Waals surface area contributed by atoms with Crippen LogP contribution in [0.1, 0.15) is 31.2 Å². The van der Waals surface area contributed by atoms with Crippen LogP contribution in [0.5, 0.6) is 0 Å². The number of nitrogens with zero attached hydrogens (tertiary/aromatic N) is 3. The predicted molar refractivity (Wildman–Crippen MR) is 79.7 cm³/mol. The first-order valence-electron chi connectivity index (χ1n) is 7.12. The van der Waals surface area contributed by atoms with Gasteiger partial charge in [0.2, 0.25) is 5.91 Å². The Hall–Kier alpha value is -1.40. The number of unbranched alkanes of at least 4 members (excludes halogenated alkanes) is 1. The lowest BCUT2D eigenvalue weighted by molar-refractivity contribution is -0.117. The first kappa shape index (κ1) is 16.7. The maximum Gasteiger partial charge on any atom is 0.238 e. The molecule has 0 bridgehead atoms. The number of anilines is 1. The number of aromatic nitrogens is 2. The van der Waals surface area contributed by atoms with E-state index in [0.717, 1.165) is 36.5 Å². The number of aliphatic hydroxyl groups excluding tert-OH is 1. The molecule has 1 aromatic heterocycles. The van der Waals surface area contributed by atoms with Gasteiger partial charge in [-0.05, 0) is 26.8 Å². The first-order chi connectivity index (χ1) is 9.49. The lowest BCUT2D eigenvalue weighted by Crippen LogP contribution is -2.36. The van der Waals surface area contributed by atoms with Crippen molar-refractivity contribution in [1.82, 2.24) is 14.7 Å². The van der Waals surface area contributed by atoms with Gasteiger partial charge in [0, 0.05) is 13.6 Å². The summed E-state index contributed by atoms with van der Waals surface area (Å²) >= 11 is 0. The third-order valence-electron chi connectivity index (χ3n) is 3.38. The third-order valence-corrected chi connectivity index (χ3v) is 3.38. The molecule has 1 rings (SSSR count). The molecule has 0 unspecified atom stereocenters. The number of hydrogen-bond donors (Lipinski definition) is 2. The van der Waals surface area contributed by atoms with Crippen LogP contribution >= 0.6 is 0 Å². The SMILES string of the molecule is CCCCN(CCO)CC(=O)Nc1c(C)nn(C)c1C. The molecule has 6 nitrogen and oxygen atoms in total. The Kier molecular flexibility index (Phi) is 6.67. The minimum atomic E-state index is -0.0613. The summed E-state index contributed by atoms with van der Waals surface area (Å²) in [5.41, 5.74) is 2.55. The summed E-state index contributed by atoms with van der Waals surface area (Å²) in [5.74, 6) is -0.0613. The molecule has 1 heterocycles. The van der Waals surface area contributed by atoms with E-state index in [0.29, 0.717) is 13.1 Å². The standard InChI is InChI=1S/C14H26N4O2/c1-5-6-7-18(8-9-19)10-13(20)15-14-11(2)16-17(4)12(14)3/h19H,5-10H2,1-4H3,(H,15,20). The summed E-state index contributed by atoms with van der Waals surface area (Å²) in [4.78, 5) is 14.1. The van der Waals surface area contributed by atoms with Crippen LogP contribution < -0.4 is 5.32 Å². The zero-order chi connectivity index (χ0) is 15.1. The van der Waals surface area contributed by atoms with Crippen molar-refractivity contribution in [3.63, 3.8) is 0 Å². The van der Waals surface area contributed by atoms with E-state index >= 15 is 0 Å². The van der Waals surface area contributed by atoms with Crippen molar-refractivity contribution in [2.45, 2.75) is 33.6 Å². The summed E-state index contributed by atoms with van der Waals surface area (Å²) in [5, 5.41) is 16.2. The summed E-state index contributed by atoms with van der Waals surface area (Å²) in [7, 11) is 1.86. The van der Waals surface area contributed by atoms with Crippen LogP contribution in [-0.2, 0) is 11.8 Å². The zero-order valence-electron chi connectivity index (χ0n) is 12.9. The van der Waals surface area contributed by atoms with E-state index in [1.165, 1.54) is 0 Å². The number of aryl methyl sites for hydroxylation is 2. The molecule has 0 aliphatic heterocycles. The van der Waals surface area contributed by atoms with Crippen LogP contribution in [0.3, 0.4) is 0 Å². The van der Waals surface area contributed by atoms with E-state index in [1.54, 1.807) is 4.68 Å². The van der Waals surface area contributed by atoms with E-state index in [1.807, 2.05) is 25.8 Å². The average Bonchev–Trinajstić information content (AvgIpc) is 2.63. The maximum absolute atomic E-state index is 12.1. The molecule has 0 atom stereocenters. The molecule has 20 heavy (non-hydrogen) atoms. The summed E-state index contributed by atoms with van der Waals surface area (Å²) in [6, 6.07) is 0. The van der Waals surface area contributed by atoms with Crippen molar-refractivity contribution in [3.8, 4) is 0 Å². The topological polar surface area (TPSA) is 70.4 Å². The number of hydrogen-bond acceptors (Lipinski definition) is 4. The van der Waals surface area contributed by atoms with Gasteiger partial charge in [-0.3, -0.25) is 14.4 Å². The number of rotatable bonds is 8. The van der Waals surface area contributed by atoms with Crippen LogP contribution in [0, 0.1) is 13.8 Å². The quantitative estimate of drug-likeness (QED) is 0.748. The van der Waals surface area contributed by atoms with E-state index < -0.39 is 0 Å². The van der Waals surface area contributed by atoms with Crippen molar-refractivity contribution in [3.05, 3.63) is 11.4 Å². The predicted octanol–water partition coefficient (Wildman–Crippen LogP) is 1.07. The van der Waals surface area contributed by atoms with E-state index in [9.17, 15) is 4.79 Å². The van der Waals surface area contributed by atoms with Gasteiger partial charge in [-0.2, -0.15) is 5.10 Å². The highest BCUT2D eigenvalue weighted by molar-refractivity contribution is 5.93. The maximum atomic E-state index is 12.1. The lowest BCUT2D eigenvalue weighted by atomic mass is 10.3. The fourth-order valence-corrected chi connectivity index (χ4v) is 2.13. The smallest absolute Gasteiger partial charge is 0.238 e. The fourth-order valence-electron chi connectivity index (χ4n) is 2.13. The highest BCUT2D eigenvalue weighted by Crippen LogP contribution is 2.18. The van der Waals surface area contributed by atoms with Gasteiger partial charge in [-0.15, -0.1) is 0 Å². The highest BCUT2D eigenvalue weighted by atomic mass is 16.3. The second-order valence-electron chi connectivity index (χ2n) is 5.07. The van der Waals surface area contributed by atoms with Gasteiger partial charge in [-0.25, -0.2) is 0 Å². The van der Waals surface area contributed by atoms with Crippen molar-refractivity contribution in [1.29, 1.82) is 0 Å². The number of carbonyl (C=O) groups is 1. The van der Waals surface area contributed by atoms with Crippen LogP contribution in [0.4, 0.5) is 5.69 Å². The fraction of sp³-hybridized carbons (Fsp3) is 0.714. The Balaban J connectivity index is 2.60. The molecule has 0 saturated heterocycles. The van der Waals surface area contributed by atoms with Crippen LogP contribution in [0.2, 0.25) is 0 Å². The van der Waals surface area contributed by atoms with E-state index in [-0.39, 0.29) is 12.5 Å². The number of aliphatic hydroxyl groups is 1. The number of nitrogens with one attached hydrogen (secondary N) is 1. The molecule has 1 amide bonds. The van der Waals surface area contributed by atoms with Crippen LogP contribution in [0.15, 0.2) is 0 Å². The molecule has 0 fully saturated rings. The van der Waals surface area contributed by atoms with E-state index in [4.69, 9.17) is 5.11 Å². The summed E-state index contributed by atoms with van der Waals surface area (Å²) < 4.78 is 1.76. The van der Waals surface area contributed by atoms with Crippen molar-refractivity contribution in [2.75, 3.05) is 31.6 Å². The van der Waals surface area contributed by atoms with E-state index in [2.05, 4.69) is 17.3 Å². The molecule has 114 valence electrons. The van der Waals surface area contributed by atoms with Crippen molar-refractivity contribution >= 4 is 11.6 Å². The second kappa shape index (κ2) is 8.01. The Bertz CT molecular complexity index is 443. The minimum absolute atomic E-state index is 0.0613. The van der Waals surface area contributed by atoms with Crippen LogP contribution in [0.25, 0.3) is 0 Å². The molecule has 2 N–H and O–H groups in total. The molecule has 0 aromatic carbocycles. The van der Waals surface area contributed by atoms with Gasteiger partial charge in [0.25, 0.3) is 0 Å². The number of amides is 1. The molecule has 0 aliphatic carbocycles. The van der Waals surface area contributed by atoms with Gasteiger partial charge in [0.1, 0.15) is 0 Å². The normalized spacial score (nSPS) is 11.1. The Morgan fingerprint density at radius 2 is 2.10 bits per heavy atom. The molecule has 0 saturated carbocycles. The Morgan fingerprint density at radius 1 is 1.40 bits per heavy atom. The third kappa shape index (κ3) is 4.61. The molecule has 0 radical (unpaired) electrons. The molecule has 0 spiro atoms. The summed E-state index contributed by atoms with van der Waals surface area (Å²) in [6.45, 7) is 7.65. The largest absolute Gasteiger partial charge is 0.395 e. The minimum Gasteiger partial charge on any atom is -0.395 e. The Morgan fingerprint density at radius 3 is 2.60 bits per heavy atom. The molecule has 1 aromatic rings. The van der Waals surface area contributed by atoms with Crippen molar-refractivity contribution < 1.29 is 9.90 Å². The number of carbonyl (C=O) groups excluding carboxylic acids is 1. The van der Waals surface area contributed by atoms with Gasteiger partial charge >= 0.3 is 0 Å². The molecular formula is C14H26N4O2. The van der Waals surface area contributed by atoms with Gasteiger partial charge < -0.3 is 10.4 Å². The zero-order valence-corrected chi connectivity index (χ0v) is 12.9. The Labute approximate surface area is 120 Å². The lowest BCUT2D eigenvalue weighted by Gasteiger charge is -2.20. The second-order valence-corrected chi connectivity index (χ2v) is 5.07. The first-order valence-corrected chi connectivity index (χ1v) is 7.12. The van der Waals surface area contributed by atoms with Gasteiger partial charge in [0.15, 0.2) is 0 Å². The molecule has 6 heteroatoms. The van der Waals surface area contributed by atoms with Gasteiger partial charge in [0.05, 0.1) is 30.2 Å². The monoisotopic (exact) mass is 282 g/mol. The van der Waals surface area contributed by atoms with Crippen molar-refractivity contribution in [2.24, 2.45) is 7.05 Å². The average molecular weight is 282 g/mol. The molecular weight excluding hydrogens is 256 g/mol. The van der Waals surface area contributed by atoms with Crippen LogP contribution in [-0.4, -0.2) is 51.9 Å².